The minimum atomic E-state index is -0.100. The molecule has 1 heterocycles. The summed E-state index contributed by atoms with van der Waals surface area (Å²) in [5.74, 6) is 0.794. The van der Waals surface area contributed by atoms with Gasteiger partial charge < -0.3 is 10.6 Å². The van der Waals surface area contributed by atoms with Gasteiger partial charge >= 0.3 is 0 Å². The van der Waals surface area contributed by atoms with Gasteiger partial charge in [0.2, 0.25) is 0 Å². The summed E-state index contributed by atoms with van der Waals surface area (Å²) >= 11 is 3.43. The predicted molar refractivity (Wildman–Crippen MR) is 127 cm³/mol. The van der Waals surface area contributed by atoms with E-state index in [4.69, 9.17) is 0 Å². The summed E-state index contributed by atoms with van der Waals surface area (Å²) in [7, 11) is 0. The first-order valence-corrected chi connectivity index (χ1v) is 11.1. The highest BCUT2D eigenvalue weighted by Crippen LogP contribution is 2.30. The standard InChI is InChI=1S/C25H21BrN4O/c26-22-7-2-1-6-20(22)25(31)27-14-16-4-3-5-17(12-16)18-8-11-23-21(13-18)24(29-15-28-23)30-19-9-10-19/h1-8,11-13,15,19H,9-10,14H2,(H,27,31)(H,28,29,30). The maximum atomic E-state index is 12.5. The molecule has 1 fully saturated rings. The van der Waals surface area contributed by atoms with E-state index in [2.05, 4.69) is 60.8 Å². The molecule has 0 spiro atoms. The smallest absolute Gasteiger partial charge is 0.252 e. The van der Waals surface area contributed by atoms with Crippen molar-refractivity contribution in [2.75, 3.05) is 5.32 Å². The van der Waals surface area contributed by atoms with Gasteiger partial charge in [-0.05, 0) is 75.8 Å². The molecule has 0 aliphatic heterocycles. The minimum Gasteiger partial charge on any atom is -0.367 e. The van der Waals surface area contributed by atoms with Crippen molar-refractivity contribution in [2.45, 2.75) is 25.4 Å². The highest BCUT2D eigenvalue weighted by Gasteiger charge is 2.22. The Labute approximate surface area is 189 Å². The van der Waals surface area contributed by atoms with Gasteiger partial charge in [0.25, 0.3) is 5.91 Å². The van der Waals surface area contributed by atoms with Crippen molar-refractivity contribution in [3.8, 4) is 11.1 Å². The molecule has 1 amide bonds. The van der Waals surface area contributed by atoms with Crippen LogP contribution in [0.2, 0.25) is 0 Å². The van der Waals surface area contributed by atoms with Crippen molar-refractivity contribution in [3.05, 3.63) is 88.7 Å². The maximum Gasteiger partial charge on any atom is 0.252 e. The van der Waals surface area contributed by atoms with Gasteiger partial charge in [-0.25, -0.2) is 9.97 Å². The van der Waals surface area contributed by atoms with Crippen LogP contribution in [-0.2, 0) is 6.54 Å². The number of nitrogens with one attached hydrogen (secondary N) is 2. The fourth-order valence-electron chi connectivity index (χ4n) is 3.56. The van der Waals surface area contributed by atoms with E-state index in [1.807, 2.05) is 36.4 Å². The third kappa shape index (κ3) is 4.44. The second kappa shape index (κ2) is 8.47. The zero-order chi connectivity index (χ0) is 21.2. The fourth-order valence-corrected chi connectivity index (χ4v) is 4.02. The van der Waals surface area contributed by atoms with Crippen molar-refractivity contribution in [1.82, 2.24) is 15.3 Å². The van der Waals surface area contributed by atoms with Crippen LogP contribution in [0.5, 0.6) is 0 Å². The summed E-state index contributed by atoms with van der Waals surface area (Å²) in [5, 5.41) is 7.53. The lowest BCUT2D eigenvalue weighted by molar-refractivity contribution is 0.0950. The quantitative estimate of drug-likeness (QED) is 0.385. The molecule has 1 aromatic heterocycles. The molecule has 1 aliphatic carbocycles. The number of nitrogens with zero attached hydrogens (tertiary/aromatic N) is 2. The maximum absolute atomic E-state index is 12.5. The lowest BCUT2D eigenvalue weighted by Gasteiger charge is -2.11. The van der Waals surface area contributed by atoms with Gasteiger partial charge in [0.05, 0.1) is 11.1 Å². The minimum absolute atomic E-state index is 0.100. The Morgan fingerprint density at radius 1 is 0.968 bits per heavy atom. The molecular weight excluding hydrogens is 452 g/mol. The molecule has 0 atom stereocenters. The van der Waals surface area contributed by atoms with Crippen LogP contribution in [0.25, 0.3) is 22.0 Å². The SMILES string of the molecule is O=C(NCc1cccc(-c2ccc3ncnc(NC4CC4)c3c2)c1)c1ccccc1Br. The largest absolute Gasteiger partial charge is 0.367 e. The summed E-state index contributed by atoms with van der Waals surface area (Å²) in [6.45, 7) is 0.458. The van der Waals surface area contributed by atoms with Crippen molar-refractivity contribution < 1.29 is 4.79 Å². The number of carbonyl (C=O) groups is 1. The number of hydrogen-bond donors (Lipinski definition) is 2. The van der Waals surface area contributed by atoms with Gasteiger partial charge in [-0.15, -0.1) is 0 Å². The van der Waals surface area contributed by atoms with Gasteiger partial charge in [0, 0.05) is 22.4 Å². The van der Waals surface area contributed by atoms with Crippen LogP contribution < -0.4 is 10.6 Å². The van der Waals surface area contributed by atoms with Gasteiger partial charge in [0.15, 0.2) is 0 Å². The number of benzene rings is 3. The number of aromatic nitrogens is 2. The van der Waals surface area contributed by atoms with Gasteiger partial charge in [0.1, 0.15) is 12.1 Å². The lowest BCUT2D eigenvalue weighted by atomic mass is 10.0. The van der Waals surface area contributed by atoms with Crippen molar-refractivity contribution in [2.24, 2.45) is 0 Å². The summed E-state index contributed by atoms with van der Waals surface area (Å²) in [6, 6.07) is 22.4. The number of anilines is 1. The number of carbonyl (C=O) groups excluding carboxylic acids is 1. The normalized spacial score (nSPS) is 13.2. The van der Waals surface area contributed by atoms with E-state index in [0.717, 1.165) is 37.9 Å². The Kier molecular flexibility index (Phi) is 5.38. The average Bonchev–Trinajstić information content (AvgIpc) is 3.62. The molecule has 0 bridgehead atoms. The third-order valence-electron chi connectivity index (χ3n) is 5.39. The van der Waals surface area contributed by atoms with Gasteiger partial charge in [-0.3, -0.25) is 4.79 Å². The monoisotopic (exact) mass is 472 g/mol. The molecule has 0 saturated heterocycles. The topological polar surface area (TPSA) is 66.9 Å². The Morgan fingerprint density at radius 3 is 2.65 bits per heavy atom. The summed E-state index contributed by atoms with van der Waals surface area (Å²) in [5.41, 5.74) is 4.79. The second-order valence-corrected chi connectivity index (χ2v) is 8.59. The van der Waals surface area contributed by atoms with Crippen LogP contribution in [0.15, 0.2) is 77.5 Å². The number of rotatable bonds is 6. The zero-order valence-electron chi connectivity index (χ0n) is 16.8. The molecule has 1 aliphatic rings. The van der Waals surface area contributed by atoms with E-state index in [-0.39, 0.29) is 5.91 Å². The predicted octanol–water partition coefficient (Wildman–Crippen LogP) is 5.56. The van der Waals surface area contributed by atoms with E-state index in [9.17, 15) is 4.79 Å². The van der Waals surface area contributed by atoms with Gasteiger partial charge in [-0.2, -0.15) is 0 Å². The first-order valence-electron chi connectivity index (χ1n) is 10.3. The van der Waals surface area contributed by atoms with Gasteiger partial charge in [-0.1, -0.05) is 36.4 Å². The Bertz CT molecular complexity index is 1270. The molecule has 31 heavy (non-hydrogen) atoms. The molecule has 1 saturated carbocycles. The second-order valence-electron chi connectivity index (χ2n) is 7.74. The van der Waals surface area contributed by atoms with Crippen LogP contribution in [0, 0.1) is 0 Å². The van der Waals surface area contributed by atoms with E-state index in [1.54, 1.807) is 12.4 Å². The molecule has 5 nitrogen and oxygen atoms in total. The molecule has 2 N–H and O–H groups in total. The third-order valence-corrected chi connectivity index (χ3v) is 6.08. The van der Waals surface area contributed by atoms with E-state index in [0.29, 0.717) is 18.2 Å². The molecule has 3 aromatic carbocycles. The van der Waals surface area contributed by atoms with Crippen molar-refractivity contribution >= 4 is 38.6 Å². The van der Waals surface area contributed by atoms with Crippen LogP contribution in [-0.4, -0.2) is 21.9 Å². The number of hydrogen-bond acceptors (Lipinski definition) is 4. The van der Waals surface area contributed by atoms with Crippen LogP contribution >= 0.6 is 15.9 Å². The summed E-state index contributed by atoms with van der Waals surface area (Å²) in [6.07, 6.45) is 4.00. The number of amides is 1. The van der Waals surface area contributed by atoms with E-state index < -0.39 is 0 Å². The molecule has 0 radical (unpaired) electrons. The van der Waals surface area contributed by atoms with Crippen molar-refractivity contribution in [1.29, 1.82) is 0 Å². The van der Waals surface area contributed by atoms with Crippen LogP contribution in [0.3, 0.4) is 0 Å². The Hall–Kier alpha value is -3.25. The molecular formula is C25H21BrN4O. The first-order chi connectivity index (χ1) is 15.2. The number of fused-ring (bicyclic) bond motifs is 1. The van der Waals surface area contributed by atoms with Crippen molar-refractivity contribution in [3.63, 3.8) is 0 Å². The summed E-state index contributed by atoms with van der Waals surface area (Å²) in [4.78, 5) is 21.4. The van der Waals surface area contributed by atoms with Crippen LogP contribution in [0.4, 0.5) is 5.82 Å². The highest BCUT2D eigenvalue weighted by atomic mass is 79.9. The molecule has 0 unspecified atom stereocenters. The molecule has 154 valence electrons. The average molecular weight is 473 g/mol. The molecule has 4 aromatic rings. The van der Waals surface area contributed by atoms with Crippen LogP contribution in [0.1, 0.15) is 28.8 Å². The highest BCUT2D eigenvalue weighted by molar-refractivity contribution is 9.10. The first kappa shape index (κ1) is 19.7. The fraction of sp³-hybridized carbons (Fsp3) is 0.160. The van der Waals surface area contributed by atoms with E-state index in [1.165, 1.54) is 12.8 Å². The van der Waals surface area contributed by atoms with E-state index >= 15 is 0 Å². The Morgan fingerprint density at radius 2 is 1.81 bits per heavy atom. The Balaban J connectivity index is 1.38. The number of halogens is 1. The zero-order valence-corrected chi connectivity index (χ0v) is 18.4. The lowest BCUT2D eigenvalue weighted by Crippen LogP contribution is -2.23. The molecule has 6 heteroatoms. The molecule has 5 rings (SSSR count). The summed E-state index contributed by atoms with van der Waals surface area (Å²) < 4.78 is 0.787.